The van der Waals surface area contributed by atoms with Crippen LogP contribution in [-0.4, -0.2) is 0 Å². The Labute approximate surface area is 111 Å². The van der Waals surface area contributed by atoms with E-state index in [0.717, 1.165) is 33.0 Å². The predicted molar refractivity (Wildman–Crippen MR) is 76.3 cm³/mol. The molecule has 0 atom stereocenters. The van der Waals surface area contributed by atoms with E-state index in [-0.39, 0.29) is 5.82 Å². The van der Waals surface area contributed by atoms with Gasteiger partial charge in [-0.15, -0.1) is 11.8 Å². The number of thioether (sulfide) groups is 1. The molecule has 0 saturated heterocycles. The van der Waals surface area contributed by atoms with Gasteiger partial charge in [0.1, 0.15) is 5.82 Å². The molecule has 0 bridgehead atoms. The summed E-state index contributed by atoms with van der Waals surface area (Å²) in [6, 6.07) is 11.0. The number of nitrogens with two attached hydrogens (primary N) is 1. The minimum atomic E-state index is -0.184. The molecule has 2 aromatic rings. The quantitative estimate of drug-likeness (QED) is 0.658. The molecule has 0 aliphatic heterocycles. The molecule has 2 rings (SSSR count). The van der Waals surface area contributed by atoms with Gasteiger partial charge in [0, 0.05) is 16.3 Å². The second kappa shape index (κ2) is 5.44. The second-order valence-electron chi connectivity index (χ2n) is 4.40. The highest BCUT2D eigenvalue weighted by Gasteiger charge is 2.04. The highest BCUT2D eigenvalue weighted by atomic mass is 32.2. The lowest BCUT2D eigenvalue weighted by Gasteiger charge is -2.08. The fraction of sp³-hybridized carbons (Fsp3) is 0.200. The Hall–Kier alpha value is -1.48. The molecule has 0 aromatic heterocycles. The zero-order valence-corrected chi connectivity index (χ0v) is 11.4. The Morgan fingerprint density at radius 3 is 2.56 bits per heavy atom. The number of nitrogen functional groups attached to an aromatic ring is 1. The van der Waals surface area contributed by atoms with Gasteiger partial charge in [0.15, 0.2) is 0 Å². The molecule has 0 aliphatic carbocycles. The number of aryl methyl sites for hydroxylation is 2. The van der Waals surface area contributed by atoms with E-state index in [1.807, 2.05) is 32.0 Å². The second-order valence-corrected chi connectivity index (χ2v) is 5.42. The van der Waals surface area contributed by atoms with Crippen molar-refractivity contribution in [3.8, 4) is 0 Å². The van der Waals surface area contributed by atoms with Crippen LogP contribution >= 0.6 is 11.8 Å². The van der Waals surface area contributed by atoms with Crippen LogP contribution in [-0.2, 0) is 5.75 Å². The van der Waals surface area contributed by atoms with Gasteiger partial charge in [-0.25, -0.2) is 4.39 Å². The predicted octanol–water partition coefficient (Wildman–Crippen LogP) is 4.32. The first-order valence-corrected chi connectivity index (χ1v) is 6.79. The van der Waals surface area contributed by atoms with Crippen LogP contribution in [0, 0.1) is 19.7 Å². The molecule has 0 heterocycles. The third-order valence-corrected chi connectivity index (χ3v) is 3.99. The van der Waals surface area contributed by atoms with Gasteiger partial charge in [-0.3, -0.25) is 0 Å². The van der Waals surface area contributed by atoms with Crippen LogP contribution < -0.4 is 5.73 Å². The first-order chi connectivity index (χ1) is 8.56. The normalized spacial score (nSPS) is 10.6. The highest BCUT2D eigenvalue weighted by molar-refractivity contribution is 7.98. The van der Waals surface area contributed by atoms with E-state index in [4.69, 9.17) is 5.73 Å². The fourth-order valence-electron chi connectivity index (χ4n) is 1.78. The molecule has 0 amide bonds. The molecule has 0 radical (unpaired) electrons. The first kappa shape index (κ1) is 13.0. The first-order valence-electron chi connectivity index (χ1n) is 5.80. The summed E-state index contributed by atoms with van der Waals surface area (Å²) in [4.78, 5) is 1.07. The fourth-order valence-corrected chi connectivity index (χ4v) is 2.80. The number of hydrogen-bond donors (Lipinski definition) is 1. The van der Waals surface area contributed by atoms with Crippen molar-refractivity contribution in [3.63, 3.8) is 0 Å². The van der Waals surface area contributed by atoms with E-state index in [1.54, 1.807) is 17.8 Å². The van der Waals surface area contributed by atoms with E-state index >= 15 is 0 Å². The Bertz CT molecular complexity index is 515. The highest BCUT2D eigenvalue weighted by Crippen LogP contribution is 2.29. The number of halogens is 1. The Morgan fingerprint density at radius 1 is 1.11 bits per heavy atom. The van der Waals surface area contributed by atoms with Crippen molar-refractivity contribution >= 4 is 17.4 Å². The Morgan fingerprint density at radius 2 is 1.89 bits per heavy atom. The van der Waals surface area contributed by atoms with E-state index in [2.05, 4.69) is 6.07 Å². The van der Waals surface area contributed by atoms with Crippen molar-refractivity contribution in [3.05, 3.63) is 58.9 Å². The topological polar surface area (TPSA) is 26.0 Å². The summed E-state index contributed by atoms with van der Waals surface area (Å²) >= 11 is 1.68. The van der Waals surface area contributed by atoms with Crippen LogP contribution in [0.1, 0.15) is 16.7 Å². The summed E-state index contributed by atoms with van der Waals surface area (Å²) in [5, 5.41) is 0. The molecule has 2 N–H and O–H groups in total. The molecule has 0 fully saturated rings. The summed E-state index contributed by atoms with van der Waals surface area (Å²) in [5.74, 6) is 0.621. The number of anilines is 1. The van der Waals surface area contributed by atoms with Crippen LogP contribution in [0.25, 0.3) is 0 Å². The monoisotopic (exact) mass is 261 g/mol. The Kier molecular flexibility index (Phi) is 3.92. The molecule has 94 valence electrons. The number of hydrogen-bond acceptors (Lipinski definition) is 2. The molecule has 18 heavy (non-hydrogen) atoms. The van der Waals surface area contributed by atoms with E-state index in [0.29, 0.717) is 0 Å². The van der Waals surface area contributed by atoms with Crippen LogP contribution in [0.2, 0.25) is 0 Å². The van der Waals surface area contributed by atoms with Gasteiger partial charge in [0.2, 0.25) is 0 Å². The Balaban J connectivity index is 2.11. The largest absolute Gasteiger partial charge is 0.398 e. The zero-order chi connectivity index (χ0) is 13.1. The average molecular weight is 261 g/mol. The van der Waals surface area contributed by atoms with E-state index in [1.165, 1.54) is 6.07 Å². The van der Waals surface area contributed by atoms with Crippen molar-refractivity contribution < 1.29 is 4.39 Å². The third kappa shape index (κ3) is 3.05. The smallest absolute Gasteiger partial charge is 0.123 e. The molecule has 2 aromatic carbocycles. The van der Waals surface area contributed by atoms with Gasteiger partial charge < -0.3 is 5.73 Å². The number of rotatable bonds is 3. The molecule has 0 unspecified atom stereocenters. The minimum absolute atomic E-state index is 0.184. The lowest BCUT2D eigenvalue weighted by molar-refractivity contribution is 0.626. The van der Waals surface area contributed by atoms with E-state index in [9.17, 15) is 4.39 Å². The lowest BCUT2D eigenvalue weighted by Crippen LogP contribution is -1.91. The summed E-state index contributed by atoms with van der Waals surface area (Å²) in [7, 11) is 0. The van der Waals surface area contributed by atoms with Crippen LogP contribution in [0.5, 0.6) is 0 Å². The average Bonchev–Trinajstić information content (AvgIpc) is 2.30. The van der Waals surface area contributed by atoms with Gasteiger partial charge in [0.25, 0.3) is 0 Å². The molecule has 1 nitrogen and oxygen atoms in total. The molecular formula is C15H16FNS. The molecule has 0 spiro atoms. The standard InChI is InChI=1S/C15H16FNS/c1-10-3-6-15(14(17)7-10)18-9-12-4-5-13(16)8-11(12)2/h3-8H,9,17H2,1-2H3. The van der Waals surface area contributed by atoms with Gasteiger partial charge >= 0.3 is 0 Å². The maximum Gasteiger partial charge on any atom is 0.123 e. The van der Waals surface area contributed by atoms with Crippen molar-refractivity contribution in [2.24, 2.45) is 0 Å². The lowest BCUT2D eigenvalue weighted by atomic mass is 10.1. The summed E-state index contributed by atoms with van der Waals surface area (Å²) in [5.41, 5.74) is 10.1. The molecule has 3 heteroatoms. The van der Waals surface area contributed by atoms with Crippen molar-refractivity contribution in [2.45, 2.75) is 24.5 Å². The zero-order valence-electron chi connectivity index (χ0n) is 10.5. The van der Waals surface area contributed by atoms with Gasteiger partial charge in [-0.2, -0.15) is 0 Å². The van der Waals surface area contributed by atoms with Gasteiger partial charge in [-0.1, -0.05) is 12.1 Å². The van der Waals surface area contributed by atoms with E-state index < -0.39 is 0 Å². The van der Waals surface area contributed by atoms with Gasteiger partial charge in [0.05, 0.1) is 0 Å². The van der Waals surface area contributed by atoms with Crippen LogP contribution in [0.4, 0.5) is 10.1 Å². The summed E-state index contributed by atoms with van der Waals surface area (Å²) in [6.07, 6.45) is 0. The maximum absolute atomic E-state index is 13.0. The molecule has 0 aliphatic rings. The minimum Gasteiger partial charge on any atom is -0.398 e. The number of benzene rings is 2. The SMILES string of the molecule is Cc1ccc(SCc2ccc(F)cc2C)c(N)c1. The van der Waals surface area contributed by atoms with Crippen LogP contribution in [0.3, 0.4) is 0 Å². The van der Waals surface area contributed by atoms with Crippen molar-refractivity contribution in [1.29, 1.82) is 0 Å². The molecular weight excluding hydrogens is 245 g/mol. The van der Waals surface area contributed by atoms with Gasteiger partial charge in [-0.05, 0) is 54.8 Å². The van der Waals surface area contributed by atoms with Crippen molar-refractivity contribution in [1.82, 2.24) is 0 Å². The molecule has 0 saturated carbocycles. The van der Waals surface area contributed by atoms with Crippen molar-refractivity contribution in [2.75, 3.05) is 5.73 Å². The summed E-state index contributed by atoms with van der Waals surface area (Å²) in [6.45, 7) is 3.95. The maximum atomic E-state index is 13.0. The summed E-state index contributed by atoms with van der Waals surface area (Å²) < 4.78 is 13.0. The van der Waals surface area contributed by atoms with Crippen LogP contribution in [0.15, 0.2) is 41.3 Å². The third-order valence-electron chi connectivity index (χ3n) is 2.85.